The lowest BCUT2D eigenvalue weighted by Gasteiger charge is -2.51. The van der Waals surface area contributed by atoms with Gasteiger partial charge in [0, 0.05) is 25.2 Å². The van der Waals surface area contributed by atoms with Gasteiger partial charge in [-0.25, -0.2) is 0 Å². The molecule has 1 saturated carbocycles. The quantitative estimate of drug-likeness (QED) is 0.813. The molecule has 0 atom stereocenters. The predicted octanol–water partition coefficient (Wildman–Crippen LogP) is 2.89. The molecule has 1 aliphatic carbocycles. The Labute approximate surface area is 107 Å². The highest BCUT2D eigenvalue weighted by atomic mass is 15.2. The van der Waals surface area contributed by atoms with Gasteiger partial charge in [0.15, 0.2) is 0 Å². The largest absolute Gasteiger partial charge is 0.314 e. The number of hydrogen-bond acceptors (Lipinski definition) is 2. The van der Waals surface area contributed by atoms with E-state index in [4.69, 9.17) is 0 Å². The highest BCUT2D eigenvalue weighted by Crippen LogP contribution is 2.37. The molecule has 0 bridgehead atoms. The van der Waals surface area contributed by atoms with Crippen LogP contribution in [0.3, 0.4) is 0 Å². The van der Waals surface area contributed by atoms with Gasteiger partial charge in [-0.1, -0.05) is 27.7 Å². The van der Waals surface area contributed by atoms with E-state index in [1.54, 1.807) is 0 Å². The number of nitrogens with zero attached hydrogens (tertiary/aromatic N) is 1. The van der Waals surface area contributed by atoms with Crippen LogP contribution in [0.2, 0.25) is 0 Å². The first kappa shape index (κ1) is 13.4. The molecule has 0 spiro atoms. The van der Waals surface area contributed by atoms with Crippen molar-refractivity contribution in [2.45, 2.75) is 65.5 Å². The van der Waals surface area contributed by atoms with E-state index >= 15 is 0 Å². The fourth-order valence-corrected chi connectivity index (χ4v) is 3.29. The van der Waals surface area contributed by atoms with Crippen molar-refractivity contribution < 1.29 is 0 Å². The molecule has 100 valence electrons. The molecule has 2 rings (SSSR count). The van der Waals surface area contributed by atoms with Crippen LogP contribution in [-0.4, -0.2) is 36.6 Å². The van der Waals surface area contributed by atoms with Gasteiger partial charge in [0.05, 0.1) is 0 Å². The molecule has 2 aliphatic rings. The van der Waals surface area contributed by atoms with Gasteiger partial charge in [0.25, 0.3) is 0 Å². The van der Waals surface area contributed by atoms with E-state index in [2.05, 4.69) is 37.9 Å². The van der Waals surface area contributed by atoms with Gasteiger partial charge >= 0.3 is 0 Å². The molecule has 0 aromatic carbocycles. The van der Waals surface area contributed by atoms with Gasteiger partial charge in [-0.05, 0) is 43.6 Å². The molecule has 1 saturated heterocycles. The summed E-state index contributed by atoms with van der Waals surface area (Å²) in [6.45, 7) is 13.2. The summed E-state index contributed by atoms with van der Waals surface area (Å²) in [6, 6.07) is 1.69. The van der Waals surface area contributed by atoms with Crippen LogP contribution in [0.5, 0.6) is 0 Å². The Balaban J connectivity index is 1.70. The molecule has 1 aliphatic heterocycles. The van der Waals surface area contributed by atoms with Crippen LogP contribution in [0, 0.1) is 11.3 Å². The average molecular weight is 238 g/mol. The lowest BCUT2D eigenvalue weighted by molar-refractivity contribution is -0.0196. The third-order valence-electron chi connectivity index (χ3n) is 4.84. The molecule has 2 heteroatoms. The van der Waals surface area contributed by atoms with Crippen LogP contribution in [0.15, 0.2) is 0 Å². The number of rotatable bonds is 3. The maximum atomic E-state index is 3.59. The van der Waals surface area contributed by atoms with Crippen molar-refractivity contribution in [3.05, 3.63) is 0 Å². The summed E-state index contributed by atoms with van der Waals surface area (Å²) in [5.74, 6) is 0.925. The van der Waals surface area contributed by atoms with Crippen molar-refractivity contribution in [1.82, 2.24) is 10.2 Å². The maximum absolute atomic E-state index is 3.59. The zero-order valence-electron chi connectivity index (χ0n) is 12.1. The van der Waals surface area contributed by atoms with Crippen LogP contribution in [0.1, 0.15) is 53.4 Å². The van der Waals surface area contributed by atoms with E-state index in [1.807, 2.05) is 0 Å². The van der Waals surface area contributed by atoms with Crippen LogP contribution in [0.4, 0.5) is 0 Å². The molecule has 0 amide bonds. The van der Waals surface area contributed by atoms with Gasteiger partial charge in [-0.2, -0.15) is 0 Å². The van der Waals surface area contributed by atoms with Crippen molar-refractivity contribution in [3.63, 3.8) is 0 Å². The first-order valence-electron chi connectivity index (χ1n) is 7.48. The summed E-state index contributed by atoms with van der Waals surface area (Å²) >= 11 is 0. The monoisotopic (exact) mass is 238 g/mol. The second kappa shape index (κ2) is 5.27. The van der Waals surface area contributed by atoms with E-state index in [9.17, 15) is 0 Å². The summed E-state index contributed by atoms with van der Waals surface area (Å²) < 4.78 is 0. The summed E-state index contributed by atoms with van der Waals surface area (Å²) in [5.41, 5.74) is 0.511. The third-order valence-corrected chi connectivity index (χ3v) is 4.84. The molecule has 0 radical (unpaired) electrons. The summed E-state index contributed by atoms with van der Waals surface area (Å²) in [4.78, 5) is 2.73. The van der Waals surface area contributed by atoms with Gasteiger partial charge < -0.3 is 5.32 Å². The lowest BCUT2D eigenvalue weighted by atomic mass is 9.74. The standard InChI is InChI=1S/C15H30N2/c1-5-16-13-6-8-14(9-7-13)17-10-12(11-17)15(2,3)4/h12-14,16H,5-11H2,1-4H3. The lowest BCUT2D eigenvalue weighted by Crippen LogP contribution is -2.57. The first-order valence-corrected chi connectivity index (χ1v) is 7.48. The van der Waals surface area contributed by atoms with E-state index in [0.717, 1.165) is 24.5 Å². The summed E-state index contributed by atoms with van der Waals surface area (Å²) in [5, 5.41) is 3.59. The van der Waals surface area contributed by atoms with E-state index < -0.39 is 0 Å². The van der Waals surface area contributed by atoms with E-state index in [0.29, 0.717) is 5.41 Å². The van der Waals surface area contributed by atoms with Crippen LogP contribution < -0.4 is 5.32 Å². The maximum Gasteiger partial charge on any atom is 0.00966 e. The third kappa shape index (κ3) is 3.23. The number of nitrogens with one attached hydrogen (secondary N) is 1. The number of hydrogen-bond donors (Lipinski definition) is 1. The highest BCUT2D eigenvalue weighted by Gasteiger charge is 2.39. The SMILES string of the molecule is CCNC1CCC(N2CC(C(C)(C)C)C2)CC1. The molecule has 1 N–H and O–H groups in total. The second-order valence-corrected chi connectivity index (χ2v) is 7.08. The normalized spacial score (nSPS) is 32.5. The fourth-order valence-electron chi connectivity index (χ4n) is 3.29. The van der Waals surface area contributed by atoms with Gasteiger partial charge in [-0.3, -0.25) is 4.90 Å². The second-order valence-electron chi connectivity index (χ2n) is 7.08. The number of likely N-dealkylation sites (tertiary alicyclic amines) is 1. The summed E-state index contributed by atoms with van der Waals surface area (Å²) in [6.07, 6.45) is 5.59. The molecule has 1 heterocycles. The molecule has 0 aromatic heterocycles. The zero-order chi connectivity index (χ0) is 12.5. The summed E-state index contributed by atoms with van der Waals surface area (Å²) in [7, 11) is 0. The van der Waals surface area contributed by atoms with E-state index in [1.165, 1.54) is 38.8 Å². The Kier molecular flexibility index (Phi) is 4.14. The molecule has 0 unspecified atom stereocenters. The molecule has 2 fully saturated rings. The van der Waals surface area contributed by atoms with Gasteiger partial charge in [0.1, 0.15) is 0 Å². The molecule has 0 aromatic rings. The van der Waals surface area contributed by atoms with Crippen LogP contribution in [0.25, 0.3) is 0 Å². The van der Waals surface area contributed by atoms with Crippen molar-refractivity contribution >= 4 is 0 Å². The Morgan fingerprint density at radius 2 is 1.65 bits per heavy atom. The minimum Gasteiger partial charge on any atom is -0.314 e. The Morgan fingerprint density at radius 3 is 2.12 bits per heavy atom. The predicted molar refractivity (Wildman–Crippen MR) is 74.2 cm³/mol. The Bertz CT molecular complexity index is 230. The first-order chi connectivity index (χ1) is 8.00. The van der Waals surface area contributed by atoms with E-state index in [-0.39, 0.29) is 0 Å². The van der Waals surface area contributed by atoms with Crippen LogP contribution >= 0.6 is 0 Å². The molecular formula is C15H30N2. The topological polar surface area (TPSA) is 15.3 Å². The Morgan fingerprint density at radius 1 is 1.06 bits per heavy atom. The average Bonchev–Trinajstić information content (AvgIpc) is 2.16. The Hall–Kier alpha value is -0.0800. The van der Waals surface area contributed by atoms with Crippen LogP contribution in [-0.2, 0) is 0 Å². The molecular weight excluding hydrogens is 208 g/mol. The molecule has 2 nitrogen and oxygen atoms in total. The van der Waals surface area contributed by atoms with Crippen molar-refractivity contribution in [3.8, 4) is 0 Å². The van der Waals surface area contributed by atoms with Crippen molar-refractivity contribution in [2.75, 3.05) is 19.6 Å². The van der Waals surface area contributed by atoms with Gasteiger partial charge in [0.2, 0.25) is 0 Å². The fraction of sp³-hybridized carbons (Fsp3) is 1.00. The highest BCUT2D eigenvalue weighted by molar-refractivity contribution is 4.93. The van der Waals surface area contributed by atoms with Crippen molar-refractivity contribution in [2.24, 2.45) is 11.3 Å². The minimum atomic E-state index is 0.511. The minimum absolute atomic E-state index is 0.511. The van der Waals surface area contributed by atoms with Gasteiger partial charge in [-0.15, -0.1) is 0 Å². The molecule has 17 heavy (non-hydrogen) atoms. The zero-order valence-corrected chi connectivity index (χ0v) is 12.1. The van der Waals surface area contributed by atoms with Crippen molar-refractivity contribution in [1.29, 1.82) is 0 Å². The smallest absolute Gasteiger partial charge is 0.00966 e.